The van der Waals surface area contributed by atoms with Gasteiger partial charge >= 0.3 is 6.03 Å². The van der Waals surface area contributed by atoms with Crippen molar-refractivity contribution in [1.29, 1.82) is 0 Å². The molecule has 1 aliphatic heterocycles. The van der Waals surface area contributed by atoms with Crippen molar-refractivity contribution in [3.05, 3.63) is 84.8 Å². The number of hydrogen-bond acceptors (Lipinski definition) is 10. The highest BCUT2D eigenvalue weighted by molar-refractivity contribution is 7.92. The molecule has 6 rings (SSSR count). The van der Waals surface area contributed by atoms with Crippen molar-refractivity contribution in [3.8, 4) is 22.8 Å². The number of sulfonamides is 1. The molecule has 2 aromatic carbocycles. The number of carbonyl (C=O) groups excluding carboxylic acids is 4. The van der Waals surface area contributed by atoms with Gasteiger partial charge in [-0.05, 0) is 56.2 Å². The highest BCUT2D eigenvalue weighted by Gasteiger charge is 2.61. The summed E-state index contributed by atoms with van der Waals surface area (Å²) in [6.07, 6.45) is 0.858. The van der Waals surface area contributed by atoms with Crippen LogP contribution in [0.4, 0.5) is 4.79 Å². The van der Waals surface area contributed by atoms with E-state index in [-0.39, 0.29) is 23.6 Å². The van der Waals surface area contributed by atoms with Crippen molar-refractivity contribution < 1.29 is 37.1 Å². The normalized spacial score (nSPS) is 21.1. The van der Waals surface area contributed by atoms with Gasteiger partial charge < -0.3 is 30.3 Å². The standard InChI is InChI=1S/C42H50N6O8S2/c1-9-26-23-42(26,38(51)47-58(53,54)34-16-13-19-57-34)45-36(49)32-21-28(24-48(32)37(50)35(40(2,3)4)44-39(52)46-41(5,6)7)56-33-22-30(25-14-11-10-12-15-25)43-31-20-27(55-8)17-18-29(31)33/h9-20,22,26,28,32,35H,1,21,23-24H2,2-8H3,(H,45,49)(H,47,51)(H2,44,46,52). The maximum absolute atomic E-state index is 14.7. The quantitative estimate of drug-likeness (QED) is 0.136. The van der Waals surface area contributed by atoms with E-state index in [2.05, 4.69) is 27.3 Å². The molecule has 0 radical (unpaired) electrons. The number of pyridine rings is 1. The first kappa shape index (κ1) is 42.1. The number of thiophene rings is 1. The number of amides is 5. The smallest absolute Gasteiger partial charge is 0.315 e. The Morgan fingerprint density at radius 1 is 1.02 bits per heavy atom. The first-order chi connectivity index (χ1) is 27.2. The molecule has 2 aliphatic rings. The molecule has 58 heavy (non-hydrogen) atoms. The van der Waals surface area contributed by atoms with Crippen LogP contribution in [0.25, 0.3) is 22.2 Å². The topological polar surface area (TPSA) is 185 Å². The molecular weight excluding hydrogens is 781 g/mol. The monoisotopic (exact) mass is 830 g/mol. The van der Waals surface area contributed by atoms with Gasteiger partial charge in [0.1, 0.15) is 39.4 Å². The van der Waals surface area contributed by atoms with E-state index in [0.717, 1.165) is 16.9 Å². The highest BCUT2D eigenvalue weighted by atomic mass is 32.2. The van der Waals surface area contributed by atoms with Crippen LogP contribution >= 0.6 is 11.3 Å². The van der Waals surface area contributed by atoms with Gasteiger partial charge in [-0.25, -0.2) is 22.9 Å². The summed E-state index contributed by atoms with van der Waals surface area (Å²) in [5, 5.41) is 10.7. The van der Waals surface area contributed by atoms with Crippen molar-refractivity contribution in [3.63, 3.8) is 0 Å². The van der Waals surface area contributed by atoms with Crippen molar-refractivity contribution in [2.45, 2.75) is 87.9 Å². The molecule has 2 fully saturated rings. The maximum atomic E-state index is 14.7. The summed E-state index contributed by atoms with van der Waals surface area (Å²) in [4.78, 5) is 62.5. The van der Waals surface area contributed by atoms with E-state index >= 15 is 0 Å². The van der Waals surface area contributed by atoms with Gasteiger partial charge in [0.05, 0.1) is 24.9 Å². The van der Waals surface area contributed by atoms with E-state index < -0.39 is 74.4 Å². The van der Waals surface area contributed by atoms with Crippen LogP contribution < -0.4 is 30.1 Å². The molecule has 5 amide bonds. The molecule has 0 spiro atoms. The van der Waals surface area contributed by atoms with Crippen molar-refractivity contribution in [1.82, 2.24) is 30.6 Å². The molecule has 2 aromatic heterocycles. The number of ether oxygens (including phenoxy) is 2. The second kappa shape index (κ2) is 16.0. The van der Waals surface area contributed by atoms with Gasteiger partial charge in [-0.2, -0.15) is 0 Å². The third-order valence-corrected chi connectivity index (χ3v) is 12.8. The molecule has 3 heterocycles. The summed E-state index contributed by atoms with van der Waals surface area (Å²) >= 11 is 0.949. The molecule has 14 nitrogen and oxygen atoms in total. The Balaban J connectivity index is 1.35. The van der Waals surface area contributed by atoms with E-state index in [4.69, 9.17) is 14.5 Å². The second-order valence-corrected chi connectivity index (χ2v) is 19.6. The number of urea groups is 1. The van der Waals surface area contributed by atoms with E-state index in [9.17, 15) is 27.6 Å². The van der Waals surface area contributed by atoms with E-state index in [1.54, 1.807) is 51.5 Å². The summed E-state index contributed by atoms with van der Waals surface area (Å²) in [7, 11) is -2.66. The highest BCUT2D eigenvalue weighted by Crippen LogP contribution is 2.45. The molecule has 1 aliphatic carbocycles. The van der Waals surface area contributed by atoms with Gasteiger partial charge in [-0.15, -0.1) is 17.9 Å². The zero-order chi connectivity index (χ0) is 42.2. The predicted molar refractivity (Wildman–Crippen MR) is 222 cm³/mol. The van der Waals surface area contributed by atoms with Crippen LogP contribution in [-0.4, -0.2) is 85.0 Å². The Hall–Kier alpha value is -5.48. The largest absolute Gasteiger partial charge is 0.497 e. The number of likely N-dealkylation sites (tertiary alicyclic amines) is 1. The number of fused-ring (bicyclic) bond motifs is 1. The second-order valence-electron chi connectivity index (χ2n) is 16.8. The lowest BCUT2D eigenvalue weighted by Gasteiger charge is -2.36. The fraction of sp³-hybridized carbons (Fsp3) is 0.405. The minimum Gasteiger partial charge on any atom is -0.497 e. The molecule has 4 N–H and O–H groups in total. The van der Waals surface area contributed by atoms with Gasteiger partial charge in [0, 0.05) is 41.0 Å². The molecule has 308 valence electrons. The predicted octanol–water partition coefficient (Wildman–Crippen LogP) is 5.40. The summed E-state index contributed by atoms with van der Waals surface area (Å²) < 4.78 is 40.4. The number of nitrogens with zero attached hydrogens (tertiary/aromatic N) is 2. The van der Waals surface area contributed by atoms with Crippen molar-refractivity contribution in [2.75, 3.05) is 13.7 Å². The number of aromatic nitrogens is 1. The first-order valence-electron chi connectivity index (χ1n) is 18.9. The Kier molecular flexibility index (Phi) is 11.7. The first-order valence-corrected chi connectivity index (χ1v) is 21.3. The van der Waals surface area contributed by atoms with Crippen LogP contribution in [0.1, 0.15) is 54.4 Å². The van der Waals surface area contributed by atoms with Gasteiger partial charge in [-0.1, -0.05) is 63.2 Å². The maximum Gasteiger partial charge on any atom is 0.315 e. The molecule has 4 aromatic rings. The number of nitrogens with one attached hydrogen (secondary N) is 4. The number of benzene rings is 2. The zero-order valence-electron chi connectivity index (χ0n) is 33.6. The summed E-state index contributed by atoms with van der Waals surface area (Å²) in [5.74, 6) is -1.65. The van der Waals surface area contributed by atoms with Crippen molar-refractivity contribution in [2.24, 2.45) is 11.3 Å². The molecular formula is C42H50N6O8S2. The number of hydrogen-bond donors (Lipinski definition) is 4. The SMILES string of the molecule is C=CC1CC1(NC(=O)C1CC(Oc2cc(-c3ccccc3)nc3cc(OC)ccc23)CN1C(=O)C(NC(=O)NC(C)(C)C)C(C)(C)C)C(=O)NS(=O)(=O)c1cccs1. The Labute approximate surface area is 342 Å². The lowest BCUT2D eigenvalue weighted by Crippen LogP contribution is -2.61. The van der Waals surface area contributed by atoms with E-state index in [1.807, 2.05) is 63.2 Å². The minimum absolute atomic E-state index is 0.00716. The van der Waals surface area contributed by atoms with Gasteiger partial charge in [0.2, 0.25) is 11.8 Å². The average Bonchev–Trinajstić information content (AvgIpc) is 3.44. The third kappa shape index (κ3) is 9.12. The number of rotatable bonds is 12. The van der Waals surface area contributed by atoms with Crippen LogP contribution in [0, 0.1) is 11.3 Å². The molecule has 16 heteroatoms. The summed E-state index contributed by atoms with van der Waals surface area (Å²) in [6, 6.07) is 16.9. The molecule has 1 saturated carbocycles. The molecule has 0 bridgehead atoms. The van der Waals surface area contributed by atoms with Crippen LogP contribution in [0.15, 0.2) is 89.0 Å². The Morgan fingerprint density at radius 2 is 1.74 bits per heavy atom. The number of carbonyl (C=O) groups is 4. The van der Waals surface area contributed by atoms with E-state index in [0.29, 0.717) is 28.1 Å². The zero-order valence-corrected chi connectivity index (χ0v) is 35.3. The van der Waals surface area contributed by atoms with Gasteiger partial charge in [0.25, 0.3) is 15.9 Å². The van der Waals surface area contributed by atoms with Gasteiger partial charge in [-0.3, -0.25) is 14.4 Å². The lowest BCUT2D eigenvalue weighted by atomic mass is 9.85. The summed E-state index contributed by atoms with van der Waals surface area (Å²) in [6.45, 7) is 14.6. The molecule has 1 saturated heterocycles. The van der Waals surface area contributed by atoms with Crippen LogP contribution in [0.3, 0.4) is 0 Å². The minimum atomic E-state index is -4.22. The lowest BCUT2D eigenvalue weighted by molar-refractivity contribution is -0.142. The Bertz CT molecular complexity index is 2320. The molecule has 5 unspecified atom stereocenters. The van der Waals surface area contributed by atoms with Crippen LogP contribution in [-0.2, 0) is 24.4 Å². The van der Waals surface area contributed by atoms with Gasteiger partial charge in [0.15, 0.2) is 0 Å². The van der Waals surface area contributed by atoms with Crippen LogP contribution in [0.2, 0.25) is 0 Å². The molecule has 5 atom stereocenters. The number of methoxy groups -OCH3 is 1. The van der Waals surface area contributed by atoms with E-state index in [1.165, 1.54) is 17.0 Å². The van der Waals surface area contributed by atoms with Crippen LogP contribution in [0.5, 0.6) is 11.5 Å². The fourth-order valence-corrected chi connectivity index (χ4v) is 9.08. The van der Waals surface area contributed by atoms with Crippen molar-refractivity contribution >= 4 is 56.0 Å². The average molecular weight is 831 g/mol. The Morgan fingerprint density at radius 3 is 2.34 bits per heavy atom. The fourth-order valence-electron chi connectivity index (χ4n) is 7.05. The third-order valence-electron chi connectivity index (χ3n) is 10.1. The summed E-state index contributed by atoms with van der Waals surface area (Å²) in [5.41, 5.74) is -0.954.